The maximum atomic E-state index is 12.8. The lowest BCUT2D eigenvalue weighted by atomic mass is 9.98. The van der Waals surface area contributed by atoms with Gasteiger partial charge in [0.15, 0.2) is 0 Å². The minimum Gasteiger partial charge on any atom is -0.475 e. The highest BCUT2D eigenvalue weighted by Gasteiger charge is 2.47. The van der Waals surface area contributed by atoms with Crippen LogP contribution >= 0.6 is 0 Å². The largest absolute Gasteiger partial charge is 0.490 e. The summed E-state index contributed by atoms with van der Waals surface area (Å²) in [4.78, 5) is 27.9. The van der Waals surface area contributed by atoms with Crippen molar-refractivity contribution in [3.8, 4) is 0 Å². The van der Waals surface area contributed by atoms with E-state index in [0.717, 1.165) is 36.2 Å². The number of likely N-dealkylation sites (tertiary alicyclic amines) is 1. The second kappa shape index (κ2) is 10.3. The van der Waals surface area contributed by atoms with Gasteiger partial charge in [-0.25, -0.2) is 4.79 Å². The van der Waals surface area contributed by atoms with E-state index in [0.29, 0.717) is 19.8 Å². The Hall–Kier alpha value is -2.98. The standard InChI is InChI=1S/C21H24N2O3.C2HF3O2/c1-16-5-4-6-17(11-16)20(24)23-10-8-21(15-23)12-19(14-26-21)25-13-18-7-2-3-9-22-18;3-2(4,5)1(6)7/h2-7,9,11,19H,8,10,12-15H2,1H3;(H,6,7)/t19-,21-;/m0./s1. The van der Waals surface area contributed by atoms with Gasteiger partial charge in [-0.05, 0) is 37.6 Å². The fourth-order valence-electron chi connectivity index (χ4n) is 3.86. The maximum Gasteiger partial charge on any atom is 0.490 e. The number of hydrogen-bond donors (Lipinski definition) is 1. The maximum absolute atomic E-state index is 12.8. The summed E-state index contributed by atoms with van der Waals surface area (Å²) in [5, 5.41) is 7.12. The number of pyridine rings is 1. The Morgan fingerprint density at radius 2 is 2.03 bits per heavy atom. The number of aromatic nitrogens is 1. The summed E-state index contributed by atoms with van der Waals surface area (Å²) in [6, 6.07) is 13.6. The van der Waals surface area contributed by atoms with Gasteiger partial charge in [0.05, 0.1) is 37.2 Å². The average molecular weight is 466 g/mol. The van der Waals surface area contributed by atoms with Crippen LogP contribution in [0.2, 0.25) is 0 Å². The van der Waals surface area contributed by atoms with Crippen molar-refractivity contribution in [3.63, 3.8) is 0 Å². The first-order valence-electron chi connectivity index (χ1n) is 10.4. The molecule has 7 nitrogen and oxygen atoms in total. The van der Waals surface area contributed by atoms with Gasteiger partial charge in [-0.1, -0.05) is 23.8 Å². The fourth-order valence-corrected chi connectivity index (χ4v) is 3.86. The molecule has 2 saturated heterocycles. The number of ether oxygens (including phenoxy) is 2. The molecule has 33 heavy (non-hydrogen) atoms. The van der Waals surface area contributed by atoms with Crippen LogP contribution in [0, 0.1) is 6.92 Å². The fraction of sp³-hybridized carbons (Fsp3) is 0.435. The number of halogens is 3. The van der Waals surface area contributed by atoms with Gasteiger partial charge in [0.25, 0.3) is 5.91 Å². The van der Waals surface area contributed by atoms with Gasteiger partial charge in [-0.3, -0.25) is 9.78 Å². The molecular weight excluding hydrogens is 441 g/mol. The smallest absolute Gasteiger partial charge is 0.475 e. The van der Waals surface area contributed by atoms with Crippen LogP contribution in [0.25, 0.3) is 0 Å². The second-order valence-electron chi connectivity index (χ2n) is 8.10. The van der Waals surface area contributed by atoms with Crippen molar-refractivity contribution in [2.45, 2.75) is 44.3 Å². The van der Waals surface area contributed by atoms with Crippen LogP contribution in [0.1, 0.15) is 34.5 Å². The van der Waals surface area contributed by atoms with E-state index in [9.17, 15) is 18.0 Å². The normalized spacial score (nSPS) is 22.2. The first-order valence-corrected chi connectivity index (χ1v) is 10.4. The zero-order valence-corrected chi connectivity index (χ0v) is 18.0. The van der Waals surface area contributed by atoms with E-state index < -0.39 is 12.1 Å². The zero-order valence-electron chi connectivity index (χ0n) is 18.0. The molecule has 2 aliphatic heterocycles. The number of carboxylic acid groups (broad SMARTS) is 1. The molecule has 3 heterocycles. The SMILES string of the molecule is Cc1cccc(C(=O)N2CC[C@]3(C[C@H](OCc4ccccn4)CO3)C2)c1.O=C(O)C(F)(F)F. The third kappa shape index (κ3) is 6.75. The molecule has 2 atom stereocenters. The van der Waals surface area contributed by atoms with E-state index in [1.165, 1.54) is 0 Å². The molecule has 0 bridgehead atoms. The van der Waals surface area contributed by atoms with Crippen molar-refractivity contribution in [2.75, 3.05) is 19.7 Å². The predicted octanol–water partition coefficient (Wildman–Crippen LogP) is 3.61. The molecule has 0 radical (unpaired) electrons. The van der Waals surface area contributed by atoms with Crippen LogP contribution in [0.5, 0.6) is 0 Å². The van der Waals surface area contributed by atoms with Crippen LogP contribution in [0.4, 0.5) is 13.2 Å². The number of aliphatic carboxylic acids is 1. The highest BCUT2D eigenvalue weighted by atomic mass is 19.4. The zero-order chi connectivity index (χ0) is 24.1. The van der Waals surface area contributed by atoms with Crippen molar-refractivity contribution in [3.05, 3.63) is 65.5 Å². The van der Waals surface area contributed by atoms with Crippen LogP contribution in [-0.2, 0) is 20.9 Å². The molecule has 1 amide bonds. The molecule has 2 fully saturated rings. The quantitative estimate of drug-likeness (QED) is 0.741. The van der Waals surface area contributed by atoms with Crippen molar-refractivity contribution in [2.24, 2.45) is 0 Å². The van der Waals surface area contributed by atoms with Gasteiger partial charge in [-0.2, -0.15) is 13.2 Å². The lowest BCUT2D eigenvalue weighted by Crippen LogP contribution is -2.36. The Bertz CT molecular complexity index is 970. The summed E-state index contributed by atoms with van der Waals surface area (Å²) in [5.74, 6) is -2.67. The molecule has 0 saturated carbocycles. The topological polar surface area (TPSA) is 89.0 Å². The van der Waals surface area contributed by atoms with Gasteiger partial charge in [0.2, 0.25) is 0 Å². The number of rotatable bonds is 4. The first-order chi connectivity index (χ1) is 15.6. The molecule has 4 rings (SSSR count). The lowest BCUT2D eigenvalue weighted by molar-refractivity contribution is -0.192. The molecule has 1 spiro atoms. The molecule has 2 aromatic rings. The van der Waals surface area contributed by atoms with Gasteiger partial charge in [0.1, 0.15) is 0 Å². The Morgan fingerprint density at radius 3 is 2.67 bits per heavy atom. The number of aryl methyl sites for hydroxylation is 1. The Morgan fingerprint density at radius 1 is 1.27 bits per heavy atom. The van der Waals surface area contributed by atoms with Gasteiger partial charge in [-0.15, -0.1) is 0 Å². The monoisotopic (exact) mass is 466 g/mol. The van der Waals surface area contributed by atoms with Crippen LogP contribution in [0.15, 0.2) is 48.7 Å². The van der Waals surface area contributed by atoms with Gasteiger partial charge >= 0.3 is 12.1 Å². The number of alkyl halides is 3. The Labute approximate surface area is 189 Å². The van der Waals surface area contributed by atoms with Crippen LogP contribution < -0.4 is 0 Å². The Balaban J connectivity index is 0.000000383. The highest BCUT2D eigenvalue weighted by Crippen LogP contribution is 2.37. The van der Waals surface area contributed by atoms with Crippen LogP contribution in [-0.4, -0.2) is 64.4 Å². The molecule has 1 aromatic heterocycles. The number of benzene rings is 1. The number of nitrogens with zero attached hydrogens (tertiary/aromatic N) is 2. The van der Waals surface area contributed by atoms with E-state index in [4.69, 9.17) is 19.4 Å². The minimum absolute atomic E-state index is 0.0611. The van der Waals surface area contributed by atoms with Crippen LogP contribution in [0.3, 0.4) is 0 Å². The summed E-state index contributed by atoms with van der Waals surface area (Å²) in [7, 11) is 0. The van der Waals surface area contributed by atoms with E-state index in [1.54, 1.807) is 6.20 Å². The minimum atomic E-state index is -5.08. The number of hydrogen-bond acceptors (Lipinski definition) is 5. The summed E-state index contributed by atoms with van der Waals surface area (Å²) in [5.41, 5.74) is 2.53. The molecule has 178 valence electrons. The number of carbonyl (C=O) groups is 2. The lowest BCUT2D eigenvalue weighted by Gasteiger charge is -2.23. The highest BCUT2D eigenvalue weighted by molar-refractivity contribution is 5.94. The van der Waals surface area contributed by atoms with Crippen molar-refractivity contribution < 1.29 is 37.3 Å². The van der Waals surface area contributed by atoms with E-state index in [2.05, 4.69) is 4.98 Å². The van der Waals surface area contributed by atoms with E-state index >= 15 is 0 Å². The number of carboxylic acids is 1. The second-order valence-corrected chi connectivity index (χ2v) is 8.10. The van der Waals surface area contributed by atoms with Crippen molar-refractivity contribution >= 4 is 11.9 Å². The van der Waals surface area contributed by atoms with E-state index in [-0.39, 0.29) is 17.6 Å². The molecule has 1 aromatic carbocycles. The number of carbonyl (C=O) groups excluding carboxylic acids is 1. The third-order valence-corrected chi connectivity index (χ3v) is 5.48. The summed E-state index contributed by atoms with van der Waals surface area (Å²) < 4.78 is 43.8. The molecule has 0 unspecified atom stereocenters. The molecular formula is C23H25F3N2O5. The van der Waals surface area contributed by atoms with Crippen molar-refractivity contribution in [1.29, 1.82) is 0 Å². The average Bonchev–Trinajstić information content (AvgIpc) is 3.39. The summed E-state index contributed by atoms with van der Waals surface area (Å²) in [6.07, 6.45) is -1.55. The first kappa shape index (κ1) is 24.7. The molecule has 2 aliphatic rings. The number of amides is 1. The molecule has 0 aliphatic carbocycles. The molecule has 1 N–H and O–H groups in total. The third-order valence-electron chi connectivity index (χ3n) is 5.48. The van der Waals surface area contributed by atoms with Crippen molar-refractivity contribution in [1.82, 2.24) is 9.88 Å². The van der Waals surface area contributed by atoms with E-state index in [1.807, 2.05) is 54.3 Å². The molecule has 10 heteroatoms. The summed E-state index contributed by atoms with van der Waals surface area (Å²) in [6.45, 7) is 4.46. The Kier molecular flexibility index (Phi) is 7.70. The van der Waals surface area contributed by atoms with Gasteiger partial charge in [0, 0.05) is 24.7 Å². The predicted molar refractivity (Wildman–Crippen MR) is 112 cm³/mol. The summed E-state index contributed by atoms with van der Waals surface area (Å²) >= 11 is 0. The van der Waals surface area contributed by atoms with Gasteiger partial charge < -0.3 is 19.5 Å².